The number of aldehydes is 1. The second-order valence-electron chi connectivity index (χ2n) is 2.92. The van der Waals surface area contributed by atoms with Crippen molar-refractivity contribution < 1.29 is 24.9 Å². The van der Waals surface area contributed by atoms with E-state index in [-0.39, 0.29) is 35.8 Å². The molecule has 0 aromatic heterocycles. The van der Waals surface area contributed by atoms with Gasteiger partial charge in [0, 0.05) is 5.56 Å². The maximum atomic E-state index is 10.6. The normalized spacial score (nSPS) is 10.1. The number of methoxy groups -OCH3 is 1. The van der Waals surface area contributed by atoms with Crippen molar-refractivity contribution in [2.75, 3.05) is 7.11 Å². The Morgan fingerprint density at radius 1 is 1.40 bits per heavy atom. The number of phenolic OH excluding ortho intramolecular Hbond substituents is 1. The van der Waals surface area contributed by atoms with Gasteiger partial charge in [0.25, 0.3) is 0 Å². The minimum Gasteiger partial charge on any atom is -0.504 e. The fraction of sp³-hybridized carbons (Fsp3) is 0.300. The topological polar surface area (TPSA) is 87.0 Å². The number of hydrogen-bond acceptors (Lipinski definition) is 5. The average molecular weight is 212 g/mol. The van der Waals surface area contributed by atoms with E-state index in [0.29, 0.717) is 11.8 Å². The van der Waals surface area contributed by atoms with E-state index in [1.165, 1.54) is 13.2 Å². The van der Waals surface area contributed by atoms with Crippen LogP contribution >= 0.6 is 0 Å². The van der Waals surface area contributed by atoms with Gasteiger partial charge in [-0.1, -0.05) is 0 Å². The Bertz CT molecular complexity index is 373. The van der Waals surface area contributed by atoms with E-state index in [0.717, 1.165) is 0 Å². The molecule has 0 aliphatic heterocycles. The van der Waals surface area contributed by atoms with Crippen molar-refractivity contribution in [3.63, 3.8) is 0 Å². The largest absolute Gasteiger partial charge is 0.504 e. The number of carbonyl (C=O) groups excluding carboxylic acids is 1. The molecule has 0 aliphatic carbocycles. The molecule has 1 rings (SSSR count). The minimum atomic E-state index is -0.383. The van der Waals surface area contributed by atoms with Crippen molar-refractivity contribution in [1.29, 1.82) is 0 Å². The number of phenols is 1. The summed E-state index contributed by atoms with van der Waals surface area (Å²) in [5, 5.41) is 27.6. The van der Waals surface area contributed by atoms with E-state index in [2.05, 4.69) is 0 Å². The van der Waals surface area contributed by atoms with Gasteiger partial charge >= 0.3 is 0 Å². The van der Waals surface area contributed by atoms with Crippen molar-refractivity contribution in [2.24, 2.45) is 0 Å². The predicted molar refractivity (Wildman–Crippen MR) is 51.9 cm³/mol. The number of aliphatic hydroxyl groups is 2. The van der Waals surface area contributed by atoms with Crippen molar-refractivity contribution in [1.82, 2.24) is 0 Å². The fourth-order valence-electron chi connectivity index (χ4n) is 1.39. The number of ether oxygens (including phenoxy) is 1. The molecule has 1 aromatic carbocycles. The first-order valence-corrected chi connectivity index (χ1v) is 4.28. The molecule has 0 saturated heterocycles. The molecule has 0 aliphatic rings. The molecular formula is C10H12O5. The zero-order chi connectivity index (χ0) is 11.4. The standard InChI is InChI=1S/C10H12O5/c1-15-10-8(5-13)6(3-11)2-7(4-12)9(10)14/h2,4,11,13-14H,3,5H2,1H3. The Labute approximate surface area is 86.5 Å². The SMILES string of the molecule is COc1c(O)c(C=O)cc(CO)c1CO. The van der Waals surface area contributed by atoms with Crippen LogP contribution in [0.25, 0.3) is 0 Å². The highest BCUT2D eigenvalue weighted by atomic mass is 16.5. The molecule has 0 fully saturated rings. The highest BCUT2D eigenvalue weighted by molar-refractivity contribution is 5.82. The quantitative estimate of drug-likeness (QED) is 0.620. The van der Waals surface area contributed by atoms with Crippen molar-refractivity contribution in [3.8, 4) is 11.5 Å². The summed E-state index contributed by atoms with van der Waals surface area (Å²) < 4.78 is 4.87. The number of aromatic hydroxyl groups is 1. The van der Waals surface area contributed by atoms with Crippen molar-refractivity contribution in [2.45, 2.75) is 13.2 Å². The third-order valence-corrected chi connectivity index (χ3v) is 2.14. The Balaban J connectivity index is 3.49. The number of rotatable bonds is 4. The van der Waals surface area contributed by atoms with Crippen LogP contribution in [0.3, 0.4) is 0 Å². The summed E-state index contributed by atoms with van der Waals surface area (Å²) in [7, 11) is 1.31. The molecule has 5 heteroatoms. The zero-order valence-electron chi connectivity index (χ0n) is 8.23. The van der Waals surface area contributed by atoms with E-state index < -0.39 is 0 Å². The third-order valence-electron chi connectivity index (χ3n) is 2.14. The van der Waals surface area contributed by atoms with Crippen LogP contribution in [0.15, 0.2) is 6.07 Å². The van der Waals surface area contributed by atoms with E-state index in [4.69, 9.17) is 14.9 Å². The third kappa shape index (κ3) is 1.93. The highest BCUT2D eigenvalue weighted by Gasteiger charge is 2.16. The molecule has 5 nitrogen and oxygen atoms in total. The van der Waals surface area contributed by atoms with Crippen LogP contribution in [-0.2, 0) is 13.2 Å². The highest BCUT2D eigenvalue weighted by Crippen LogP contribution is 2.35. The van der Waals surface area contributed by atoms with Crippen LogP contribution in [0, 0.1) is 0 Å². The lowest BCUT2D eigenvalue weighted by Gasteiger charge is -2.13. The van der Waals surface area contributed by atoms with Crippen molar-refractivity contribution in [3.05, 3.63) is 22.8 Å². The molecule has 15 heavy (non-hydrogen) atoms. The number of aliphatic hydroxyl groups excluding tert-OH is 2. The number of carbonyl (C=O) groups is 1. The van der Waals surface area contributed by atoms with Gasteiger partial charge < -0.3 is 20.1 Å². The fourth-order valence-corrected chi connectivity index (χ4v) is 1.39. The van der Waals surface area contributed by atoms with Gasteiger partial charge in [-0.15, -0.1) is 0 Å². The second kappa shape index (κ2) is 4.77. The Hall–Kier alpha value is -1.59. The molecular weight excluding hydrogens is 200 g/mol. The molecule has 3 N–H and O–H groups in total. The first-order valence-electron chi connectivity index (χ1n) is 4.28. The predicted octanol–water partition coefficient (Wildman–Crippen LogP) is 0.198. The van der Waals surface area contributed by atoms with E-state index >= 15 is 0 Å². The Kier molecular flexibility index (Phi) is 3.65. The van der Waals surface area contributed by atoms with Gasteiger partial charge in [-0.05, 0) is 11.6 Å². The maximum Gasteiger partial charge on any atom is 0.168 e. The lowest BCUT2D eigenvalue weighted by molar-refractivity contribution is 0.112. The first kappa shape index (κ1) is 11.5. The van der Waals surface area contributed by atoms with Gasteiger partial charge in [-0.2, -0.15) is 0 Å². The minimum absolute atomic E-state index is 0.0196. The first-order chi connectivity index (χ1) is 7.19. The molecule has 0 unspecified atom stereocenters. The van der Waals surface area contributed by atoms with Crippen LogP contribution in [-0.4, -0.2) is 28.7 Å². The van der Waals surface area contributed by atoms with Gasteiger partial charge in [-0.3, -0.25) is 4.79 Å². The second-order valence-corrected chi connectivity index (χ2v) is 2.92. The molecule has 0 amide bonds. The molecule has 1 aromatic rings. The summed E-state index contributed by atoms with van der Waals surface area (Å²) in [6.45, 7) is -0.723. The van der Waals surface area contributed by atoms with Crippen LogP contribution in [0.1, 0.15) is 21.5 Å². The smallest absolute Gasteiger partial charge is 0.168 e. The summed E-state index contributed by atoms with van der Waals surface area (Å²) in [4.78, 5) is 10.6. The lowest BCUT2D eigenvalue weighted by atomic mass is 10.0. The molecule has 0 heterocycles. The van der Waals surface area contributed by atoms with Gasteiger partial charge in [0.1, 0.15) is 0 Å². The van der Waals surface area contributed by atoms with E-state index in [1.54, 1.807) is 0 Å². The van der Waals surface area contributed by atoms with Crippen LogP contribution < -0.4 is 4.74 Å². The molecule has 0 saturated carbocycles. The van der Waals surface area contributed by atoms with E-state index in [9.17, 15) is 9.90 Å². The zero-order valence-corrected chi connectivity index (χ0v) is 8.23. The summed E-state index contributed by atoms with van der Waals surface area (Å²) in [5.41, 5.74) is 0.658. The number of benzene rings is 1. The molecule has 0 bridgehead atoms. The summed E-state index contributed by atoms with van der Waals surface area (Å²) in [5.74, 6) is -0.306. The van der Waals surface area contributed by atoms with Gasteiger partial charge in [0.2, 0.25) is 0 Å². The summed E-state index contributed by atoms with van der Waals surface area (Å²) in [6, 6.07) is 1.32. The summed E-state index contributed by atoms with van der Waals surface area (Å²) >= 11 is 0. The lowest BCUT2D eigenvalue weighted by Crippen LogP contribution is -2.01. The molecule has 0 atom stereocenters. The van der Waals surface area contributed by atoms with E-state index in [1.807, 2.05) is 0 Å². The van der Waals surface area contributed by atoms with Crippen LogP contribution in [0.5, 0.6) is 11.5 Å². The Morgan fingerprint density at radius 2 is 2.07 bits per heavy atom. The van der Waals surface area contributed by atoms with Gasteiger partial charge in [0.15, 0.2) is 17.8 Å². The monoisotopic (exact) mass is 212 g/mol. The van der Waals surface area contributed by atoms with Gasteiger partial charge in [0.05, 0.1) is 25.9 Å². The van der Waals surface area contributed by atoms with Crippen LogP contribution in [0.4, 0.5) is 0 Å². The summed E-state index contributed by atoms with van der Waals surface area (Å²) in [6.07, 6.45) is 0.457. The average Bonchev–Trinajstić information content (AvgIpc) is 2.28. The molecule has 82 valence electrons. The van der Waals surface area contributed by atoms with Gasteiger partial charge in [-0.25, -0.2) is 0 Å². The maximum absolute atomic E-state index is 10.6. The van der Waals surface area contributed by atoms with Crippen LogP contribution in [0.2, 0.25) is 0 Å². The Morgan fingerprint density at radius 3 is 2.47 bits per heavy atom. The molecule has 0 spiro atoms. The number of hydrogen-bond donors (Lipinski definition) is 3. The molecule has 0 radical (unpaired) electrons. The van der Waals surface area contributed by atoms with Crippen molar-refractivity contribution >= 4 is 6.29 Å².